The molecule has 3 heterocycles. The molecule has 1 unspecified atom stereocenters. The van der Waals surface area contributed by atoms with Crippen molar-refractivity contribution in [3.63, 3.8) is 0 Å². The largest absolute Gasteiger partial charge is 0.352 e. The third-order valence-electron chi connectivity index (χ3n) is 4.95. The lowest BCUT2D eigenvalue weighted by atomic mass is 9.92. The van der Waals surface area contributed by atoms with Crippen LogP contribution in [0.25, 0.3) is 5.65 Å². The number of hydrogen-bond acceptors (Lipinski definition) is 3. The first-order valence-corrected chi connectivity index (χ1v) is 9.35. The Labute approximate surface area is 164 Å². The van der Waals surface area contributed by atoms with Crippen molar-refractivity contribution in [2.75, 3.05) is 0 Å². The number of amides is 1. The number of carbonyl (C=O) groups excluding carboxylic acids is 1. The number of fused-ring (bicyclic) bond motifs is 1. The quantitative estimate of drug-likeness (QED) is 0.560. The van der Waals surface area contributed by atoms with Crippen molar-refractivity contribution in [2.24, 2.45) is 0 Å². The number of benzene rings is 1. The monoisotopic (exact) mass is 370 g/mol. The maximum atomic E-state index is 12.7. The topological polar surface area (TPSA) is 59.3 Å². The Morgan fingerprint density at radius 1 is 1.07 bits per heavy atom. The molecule has 4 aromatic rings. The number of pyridine rings is 2. The molecule has 0 bridgehead atoms. The van der Waals surface area contributed by atoms with Crippen molar-refractivity contribution in [3.05, 3.63) is 102 Å². The van der Waals surface area contributed by atoms with Crippen molar-refractivity contribution >= 4 is 11.6 Å². The van der Waals surface area contributed by atoms with Gasteiger partial charge in [0.1, 0.15) is 5.65 Å². The summed E-state index contributed by atoms with van der Waals surface area (Å²) in [5.41, 5.74) is 5.19. The van der Waals surface area contributed by atoms with E-state index in [-0.39, 0.29) is 11.8 Å². The minimum atomic E-state index is -0.0737. The van der Waals surface area contributed by atoms with Crippen LogP contribution in [0.3, 0.4) is 0 Å². The molecule has 1 atom stereocenters. The minimum absolute atomic E-state index is 0.00766. The van der Waals surface area contributed by atoms with Crippen LogP contribution in [0.2, 0.25) is 0 Å². The van der Waals surface area contributed by atoms with Crippen LogP contribution in [0.1, 0.15) is 34.7 Å². The summed E-state index contributed by atoms with van der Waals surface area (Å²) in [6, 6.07) is 18.0. The van der Waals surface area contributed by atoms with Crippen LogP contribution in [0.4, 0.5) is 0 Å². The molecule has 0 fully saturated rings. The van der Waals surface area contributed by atoms with Gasteiger partial charge in [0.25, 0.3) is 0 Å². The van der Waals surface area contributed by atoms with Crippen molar-refractivity contribution in [1.29, 1.82) is 0 Å². The van der Waals surface area contributed by atoms with Crippen LogP contribution in [0.5, 0.6) is 0 Å². The van der Waals surface area contributed by atoms with Crippen molar-refractivity contribution < 1.29 is 4.79 Å². The van der Waals surface area contributed by atoms with Gasteiger partial charge in [-0.2, -0.15) is 0 Å². The van der Waals surface area contributed by atoms with E-state index < -0.39 is 0 Å². The molecule has 1 aromatic carbocycles. The van der Waals surface area contributed by atoms with Gasteiger partial charge in [-0.25, -0.2) is 4.98 Å². The lowest BCUT2D eigenvalue weighted by molar-refractivity contribution is -0.121. The lowest BCUT2D eigenvalue weighted by Gasteiger charge is -2.17. The number of imidazole rings is 1. The Morgan fingerprint density at radius 2 is 1.86 bits per heavy atom. The van der Waals surface area contributed by atoms with Crippen LogP contribution < -0.4 is 5.32 Å². The van der Waals surface area contributed by atoms with Gasteiger partial charge in [-0.1, -0.05) is 36.4 Å². The van der Waals surface area contributed by atoms with Gasteiger partial charge >= 0.3 is 0 Å². The Kier molecular flexibility index (Phi) is 5.15. The van der Waals surface area contributed by atoms with Crippen LogP contribution in [-0.2, 0) is 11.3 Å². The standard InChI is InChI=1S/C23H22N4O/c1-17-6-5-13-27-21(16-26-23(17)27)20(19-7-3-2-4-8-19)14-22(28)25-15-18-9-11-24-12-10-18/h2-13,16,20H,14-15H2,1H3,(H,25,28). The van der Waals surface area contributed by atoms with Gasteiger partial charge in [0.2, 0.25) is 5.91 Å². The molecular weight excluding hydrogens is 348 g/mol. The fraction of sp³-hybridized carbons (Fsp3) is 0.174. The van der Waals surface area contributed by atoms with Crippen LogP contribution >= 0.6 is 0 Å². The predicted octanol–water partition coefficient (Wildman–Crippen LogP) is 3.88. The Balaban J connectivity index is 1.61. The zero-order valence-corrected chi connectivity index (χ0v) is 15.7. The van der Waals surface area contributed by atoms with E-state index in [1.165, 1.54) is 0 Å². The average Bonchev–Trinajstić information content (AvgIpc) is 3.17. The predicted molar refractivity (Wildman–Crippen MR) is 109 cm³/mol. The fourth-order valence-electron chi connectivity index (χ4n) is 3.47. The van der Waals surface area contributed by atoms with E-state index in [4.69, 9.17) is 0 Å². The smallest absolute Gasteiger partial charge is 0.221 e. The highest BCUT2D eigenvalue weighted by Gasteiger charge is 2.22. The second-order valence-electron chi connectivity index (χ2n) is 6.87. The summed E-state index contributed by atoms with van der Waals surface area (Å²) in [7, 11) is 0. The van der Waals surface area contributed by atoms with E-state index in [0.717, 1.165) is 28.0 Å². The Morgan fingerprint density at radius 3 is 2.64 bits per heavy atom. The molecule has 5 nitrogen and oxygen atoms in total. The summed E-state index contributed by atoms with van der Waals surface area (Å²) in [5, 5.41) is 3.02. The molecule has 28 heavy (non-hydrogen) atoms. The molecule has 1 N–H and O–H groups in total. The van der Waals surface area contributed by atoms with Crippen LogP contribution in [0.15, 0.2) is 79.4 Å². The maximum Gasteiger partial charge on any atom is 0.221 e. The van der Waals surface area contributed by atoms with Gasteiger partial charge < -0.3 is 9.72 Å². The van der Waals surface area contributed by atoms with Gasteiger partial charge in [0, 0.05) is 43.7 Å². The zero-order chi connectivity index (χ0) is 19.3. The van der Waals surface area contributed by atoms with E-state index >= 15 is 0 Å². The summed E-state index contributed by atoms with van der Waals surface area (Å²) in [6.07, 6.45) is 7.71. The average molecular weight is 370 g/mol. The fourth-order valence-corrected chi connectivity index (χ4v) is 3.47. The molecule has 5 heteroatoms. The van der Waals surface area contributed by atoms with E-state index in [1.54, 1.807) is 12.4 Å². The molecule has 0 aliphatic rings. The second kappa shape index (κ2) is 8.05. The van der Waals surface area contributed by atoms with E-state index in [0.29, 0.717) is 13.0 Å². The third kappa shape index (κ3) is 3.78. The highest BCUT2D eigenvalue weighted by atomic mass is 16.1. The molecule has 0 spiro atoms. The zero-order valence-electron chi connectivity index (χ0n) is 15.7. The Bertz CT molecular complexity index is 1070. The van der Waals surface area contributed by atoms with Crippen LogP contribution in [0, 0.1) is 6.92 Å². The van der Waals surface area contributed by atoms with E-state index in [2.05, 4.69) is 31.8 Å². The summed E-state index contributed by atoms with van der Waals surface area (Å²) in [4.78, 5) is 21.3. The van der Waals surface area contributed by atoms with Gasteiger partial charge in [-0.05, 0) is 41.8 Å². The summed E-state index contributed by atoms with van der Waals surface area (Å²) < 4.78 is 2.09. The molecule has 0 aliphatic heterocycles. The van der Waals surface area contributed by atoms with Gasteiger partial charge in [0.05, 0.1) is 5.69 Å². The highest BCUT2D eigenvalue weighted by Crippen LogP contribution is 2.29. The summed E-state index contributed by atoms with van der Waals surface area (Å²) in [6.45, 7) is 2.54. The lowest BCUT2D eigenvalue weighted by Crippen LogP contribution is -2.25. The molecule has 1 amide bonds. The minimum Gasteiger partial charge on any atom is -0.352 e. The molecule has 0 saturated carbocycles. The summed E-state index contributed by atoms with van der Waals surface area (Å²) >= 11 is 0. The maximum absolute atomic E-state index is 12.7. The number of hydrogen-bond donors (Lipinski definition) is 1. The Hall–Kier alpha value is -3.47. The number of nitrogens with zero attached hydrogens (tertiary/aromatic N) is 3. The molecule has 0 aliphatic carbocycles. The first-order chi connectivity index (χ1) is 13.7. The molecule has 0 radical (unpaired) electrons. The molecule has 0 saturated heterocycles. The number of aryl methyl sites for hydroxylation is 1. The molecule has 4 rings (SSSR count). The normalized spacial score (nSPS) is 12.0. The number of aromatic nitrogens is 3. The molecular formula is C23H22N4O. The van der Waals surface area contributed by atoms with Crippen molar-refractivity contribution in [1.82, 2.24) is 19.7 Å². The number of carbonyl (C=O) groups is 1. The first-order valence-electron chi connectivity index (χ1n) is 9.35. The molecule has 3 aromatic heterocycles. The second-order valence-corrected chi connectivity index (χ2v) is 6.87. The van der Waals surface area contributed by atoms with Gasteiger partial charge in [-0.15, -0.1) is 0 Å². The van der Waals surface area contributed by atoms with Crippen LogP contribution in [-0.4, -0.2) is 20.3 Å². The third-order valence-corrected chi connectivity index (χ3v) is 4.95. The number of rotatable bonds is 6. The van der Waals surface area contributed by atoms with Crippen molar-refractivity contribution in [3.8, 4) is 0 Å². The van der Waals surface area contributed by atoms with E-state index in [1.807, 2.05) is 61.8 Å². The highest BCUT2D eigenvalue weighted by molar-refractivity contribution is 5.77. The van der Waals surface area contributed by atoms with Gasteiger partial charge in [0.15, 0.2) is 0 Å². The SMILES string of the molecule is Cc1cccn2c(C(CC(=O)NCc3ccncc3)c3ccccc3)cnc12. The molecule has 140 valence electrons. The van der Waals surface area contributed by atoms with Gasteiger partial charge in [-0.3, -0.25) is 9.78 Å². The van der Waals surface area contributed by atoms with Crippen molar-refractivity contribution in [2.45, 2.75) is 25.8 Å². The number of nitrogens with one attached hydrogen (secondary N) is 1. The van der Waals surface area contributed by atoms with E-state index in [9.17, 15) is 4.79 Å². The summed E-state index contributed by atoms with van der Waals surface area (Å²) in [5.74, 6) is -0.0660. The first kappa shape index (κ1) is 17.9.